The van der Waals surface area contributed by atoms with E-state index in [1.807, 2.05) is 18.4 Å². The standard InChI is InChI=1S/C21H26BClO3/c1-12-6-5-7-15-19(12)13(11-24-15)8-18(23)22-25-17-10-14-9-16(20(14,2)3)21(17,4)26-22/h5-7,11,14,16-18H,8-10H2,1-4H3/t14-,16-,17+,18+,21-/m0/s1. The second kappa shape index (κ2) is 5.53. The minimum atomic E-state index is -0.351. The van der Waals surface area contributed by atoms with Gasteiger partial charge in [0.25, 0.3) is 0 Å². The molecule has 2 heterocycles. The zero-order chi connectivity index (χ0) is 18.3. The zero-order valence-electron chi connectivity index (χ0n) is 15.9. The Kier molecular flexibility index (Phi) is 3.65. The number of fused-ring (bicyclic) bond motifs is 1. The molecule has 6 rings (SSSR count). The van der Waals surface area contributed by atoms with Crippen LogP contribution in [0.25, 0.3) is 11.0 Å². The van der Waals surface area contributed by atoms with Crippen LogP contribution in [0.1, 0.15) is 44.7 Å². The minimum Gasteiger partial charge on any atom is -0.464 e. The van der Waals surface area contributed by atoms with Crippen LogP contribution in [0, 0.1) is 24.2 Å². The van der Waals surface area contributed by atoms with Gasteiger partial charge in [-0.05, 0) is 67.6 Å². The Morgan fingerprint density at radius 3 is 2.85 bits per heavy atom. The summed E-state index contributed by atoms with van der Waals surface area (Å²) in [6.45, 7) is 9.10. The van der Waals surface area contributed by atoms with Crippen LogP contribution < -0.4 is 0 Å². The van der Waals surface area contributed by atoms with Crippen molar-refractivity contribution in [2.45, 2.75) is 63.9 Å². The fraction of sp³-hybridized carbons (Fsp3) is 0.619. The second-order valence-corrected chi connectivity index (χ2v) is 9.83. The molecule has 0 unspecified atom stereocenters. The molecule has 1 saturated heterocycles. The Morgan fingerprint density at radius 1 is 1.27 bits per heavy atom. The van der Waals surface area contributed by atoms with Gasteiger partial charge in [0.05, 0.1) is 23.2 Å². The van der Waals surface area contributed by atoms with Crippen molar-refractivity contribution in [1.29, 1.82) is 0 Å². The Labute approximate surface area is 160 Å². The highest BCUT2D eigenvalue weighted by Gasteiger charge is 2.68. The Bertz CT molecular complexity index is 862. The SMILES string of the molecule is Cc1cccc2occ(C[C@@H](Cl)B3O[C@@H]4C[C@@H]5C[C@@H](C5(C)C)[C@]4(C)O3)c12. The van der Waals surface area contributed by atoms with E-state index in [2.05, 4.69) is 33.8 Å². The molecule has 138 valence electrons. The van der Waals surface area contributed by atoms with Crippen LogP contribution in [0.2, 0.25) is 0 Å². The predicted molar refractivity (Wildman–Crippen MR) is 104 cm³/mol. The summed E-state index contributed by atoms with van der Waals surface area (Å²) in [5, 5.41) is 0.946. The van der Waals surface area contributed by atoms with Crippen molar-refractivity contribution in [3.8, 4) is 0 Å². The van der Waals surface area contributed by atoms with Gasteiger partial charge in [-0.1, -0.05) is 26.0 Å². The van der Waals surface area contributed by atoms with Gasteiger partial charge in [-0.15, -0.1) is 11.6 Å². The molecule has 0 N–H and O–H groups in total. The van der Waals surface area contributed by atoms with E-state index in [4.69, 9.17) is 25.3 Å². The maximum absolute atomic E-state index is 6.80. The molecule has 0 radical (unpaired) electrons. The van der Waals surface area contributed by atoms with Crippen LogP contribution in [0.15, 0.2) is 28.9 Å². The fourth-order valence-corrected chi connectivity index (χ4v) is 6.13. The summed E-state index contributed by atoms with van der Waals surface area (Å²) in [5.41, 5.74) is 3.41. The Morgan fingerprint density at radius 2 is 2.08 bits per heavy atom. The van der Waals surface area contributed by atoms with Crippen molar-refractivity contribution in [3.05, 3.63) is 35.6 Å². The van der Waals surface area contributed by atoms with Crippen molar-refractivity contribution in [3.63, 3.8) is 0 Å². The zero-order valence-corrected chi connectivity index (χ0v) is 16.7. The van der Waals surface area contributed by atoms with E-state index in [1.165, 1.54) is 17.4 Å². The molecule has 5 atom stereocenters. The number of rotatable bonds is 3. The van der Waals surface area contributed by atoms with Gasteiger partial charge in [-0.2, -0.15) is 0 Å². The highest BCUT2D eigenvalue weighted by molar-refractivity contribution is 6.60. The molecule has 5 heteroatoms. The number of furan rings is 1. The molecule has 0 amide bonds. The Balaban J connectivity index is 1.37. The molecule has 26 heavy (non-hydrogen) atoms. The van der Waals surface area contributed by atoms with Crippen molar-refractivity contribution in [2.75, 3.05) is 0 Å². The first-order valence-corrected chi connectivity index (χ1v) is 10.2. The molecule has 3 saturated carbocycles. The number of aryl methyl sites for hydroxylation is 1. The summed E-state index contributed by atoms with van der Waals surface area (Å²) < 4.78 is 18.6. The number of alkyl halides is 1. The molecule has 3 nitrogen and oxygen atoms in total. The minimum absolute atomic E-state index is 0.174. The average molecular weight is 373 g/mol. The molecular formula is C21H26BClO3. The van der Waals surface area contributed by atoms with E-state index in [0.717, 1.165) is 23.5 Å². The van der Waals surface area contributed by atoms with Gasteiger partial charge < -0.3 is 13.7 Å². The van der Waals surface area contributed by atoms with Gasteiger partial charge in [-0.3, -0.25) is 0 Å². The highest BCUT2D eigenvalue weighted by Crippen LogP contribution is 2.65. The van der Waals surface area contributed by atoms with Crippen molar-refractivity contribution >= 4 is 29.7 Å². The first kappa shape index (κ1) is 17.2. The smallest absolute Gasteiger partial charge is 0.464 e. The van der Waals surface area contributed by atoms with Crippen LogP contribution in [0.4, 0.5) is 0 Å². The molecule has 1 aromatic carbocycles. The third kappa shape index (κ3) is 2.22. The van der Waals surface area contributed by atoms with Crippen LogP contribution >= 0.6 is 11.6 Å². The van der Waals surface area contributed by atoms with Crippen molar-refractivity contribution < 1.29 is 13.7 Å². The molecule has 0 spiro atoms. The lowest BCUT2D eigenvalue weighted by Gasteiger charge is -2.64. The van der Waals surface area contributed by atoms with Gasteiger partial charge in [-0.25, -0.2) is 0 Å². The molecule has 4 fully saturated rings. The first-order chi connectivity index (χ1) is 12.3. The van der Waals surface area contributed by atoms with E-state index in [0.29, 0.717) is 17.8 Å². The van der Waals surface area contributed by atoms with Gasteiger partial charge in [0, 0.05) is 5.39 Å². The maximum atomic E-state index is 6.80. The van der Waals surface area contributed by atoms with E-state index in [1.54, 1.807) is 0 Å². The van der Waals surface area contributed by atoms with Crippen LogP contribution in [-0.2, 0) is 15.7 Å². The third-order valence-corrected chi connectivity index (χ3v) is 7.92. The number of hydrogen-bond acceptors (Lipinski definition) is 3. The van der Waals surface area contributed by atoms with Gasteiger partial charge in [0.15, 0.2) is 0 Å². The quantitative estimate of drug-likeness (QED) is 0.551. The molecule has 1 aliphatic heterocycles. The van der Waals surface area contributed by atoms with E-state index in [-0.39, 0.29) is 24.1 Å². The van der Waals surface area contributed by atoms with Crippen LogP contribution in [0.3, 0.4) is 0 Å². The van der Waals surface area contributed by atoms with Crippen LogP contribution in [0.5, 0.6) is 0 Å². The van der Waals surface area contributed by atoms with E-state index >= 15 is 0 Å². The third-order valence-electron chi connectivity index (χ3n) is 7.56. The van der Waals surface area contributed by atoms with E-state index in [9.17, 15) is 0 Å². The molecular weight excluding hydrogens is 346 g/mol. The molecule has 1 aromatic heterocycles. The second-order valence-electron chi connectivity index (χ2n) is 9.27. The summed E-state index contributed by atoms with van der Waals surface area (Å²) >= 11 is 6.80. The van der Waals surface area contributed by atoms with Crippen molar-refractivity contribution in [2.24, 2.45) is 17.3 Å². The number of halogens is 1. The summed E-state index contributed by atoms with van der Waals surface area (Å²) in [5.74, 6) is 1.31. The molecule has 4 aliphatic rings. The summed E-state index contributed by atoms with van der Waals surface area (Å²) in [6, 6.07) is 6.13. The fourth-order valence-electron chi connectivity index (χ4n) is 5.85. The highest BCUT2D eigenvalue weighted by atomic mass is 35.5. The Hall–Kier alpha value is -0.965. The average Bonchev–Trinajstić information content (AvgIpc) is 3.15. The maximum Gasteiger partial charge on any atom is 0.477 e. The summed E-state index contributed by atoms with van der Waals surface area (Å²) in [4.78, 5) is 0. The molecule has 2 bridgehead atoms. The largest absolute Gasteiger partial charge is 0.477 e. The van der Waals surface area contributed by atoms with Crippen LogP contribution in [-0.4, -0.2) is 24.1 Å². The van der Waals surface area contributed by atoms with Gasteiger partial charge in [0.2, 0.25) is 0 Å². The molecule has 3 aliphatic carbocycles. The summed E-state index contributed by atoms with van der Waals surface area (Å²) in [7, 11) is -0.351. The first-order valence-electron chi connectivity index (χ1n) is 9.73. The lowest BCUT2D eigenvalue weighted by Crippen LogP contribution is -2.65. The van der Waals surface area contributed by atoms with Gasteiger partial charge >= 0.3 is 7.12 Å². The number of benzene rings is 1. The predicted octanol–water partition coefficient (Wildman–Crippen LogP) is 5.16. The monoisotopic (exact) mass is 372 g/mol. The van der Waals surface area contributed by atoms with Crippen molar-refractivity contribution in [1.82, 2.24) is 0 Å². The number of hydrogen-bond donors (Lipinski definition) is 0. The van der Waals surface area contributed by atoms with Gasteiger partial charge in [0.1, 0.15) is 5.58 Å². The lowest BCUT2D eigenvalue weighted by molar-refractivity contribution is -0.199. The normalized spacial score (nSPS) is 36.0. The topological polar surface area (TPSA) is 31.6 Å². The lowest BCUT2D eigenvalue weighted by atomic mass is 9.43. The van der Waals surface area contributed by atoms with E-state index < -0.39 is 0 Å². The molecule has 2 aromatic rings. The summed E-state index contributed by atoms with van der Waals surface area (Å²) in [6.07, 6.45) is 5.04.